The Bertz CT molecular complexity index is 2100. The Morgan fingerprint density at radius 1 is 0.820 bits per heavy atom. The molecule has 5 rings (SSSR count). The van der Waals surface area contributed by atoms with Crippen LogP contribution in [0, 0.1) is 23.7 Å². The summed E-state index contributed by atoms with van der Waals surface area (Å²) in [6, 6.07) is 19.7. The van der Waals surface area contributed by atoms with Crippen LogP contribution < -0.4 is 24.0 Å². The van der Waals surface area contributed by atoms with Crippen molar-refractivity contribution in [1.29, 1.82) is 0 Å². The Hall–Kier alpha value is -6.00. The fourth-order valence-electron chi connectivity index (χ4n) is 6.74. The SMILES string of the molecule is C=CC(=O)OCCCCCCOc1ccc(OC(=O)C2CCC(C(=O)Oc3ccc(OC=O)cc3/C=N/N(CCCCCCC#CCC)c3nc4ccccc4s3)CC2)cc1. The van der Waals surface area contributed by atoms with Gasteiger partial charge in [0, 0.05) is 31.0 Å². The van der Waals surface area contributed by atoms with Crippen LogP contribution in [0.4, 0.5) is 5.13 Å². The molecule has 1 aliphatic rings. The Kier molecular flexibility index (Phi) is 19.3. The molecule has 13 heteroatoms. The Balaban J connectivity index is 1.12. The molecule has 0 radical (unpaired) electrons. The first-order valence-electron chi connectivity index (χ1n) is 21.2. The Labute approximate surface area is 362 Å². The standard InChI is InChI=1S/C48H55N3O9S/c1-3-5-6-7-8-9-10-15-30-51(48-50-42-18-13-14-19-44(42)61-48)49-34-38-33-41(58-35-52)28-29-43(38)60-47(55)37-22-20-36(21-23-37)46(54)59-40-26-24-39(25-27-40)56-31-16-11-12-17-32-57-45(53)4-2/h4,13-14,18-19,24-29,33-37H,2-3,7-12,15-17,20-23,30-32H2,1H3/b49-34+. The van der Waals surface area contributed by atoms with Gasteiger partial charge in [-0.05, 0) is 119 Å². The number of anilines is 1. The van der Waals surface area contributed by atoms with Crippen molar-refractivity contribution in [3.8, 4) is 34.8 Å². The Morgan fingerprint density at radius 2 is 1.49 bits per heavy atom. The van der Waals surface area contributed by atoms with Crippen molar-refractivity contribution in [3.63, 3.8) is 0 Å². The summed E-state index contributed by atoms with van der Waals surface area (Å²) in [6.45, 7) is 7.34. The van der Waals surface area contributed by atoms with Crippen molar-refractivity contribution in [2.75, 3.05) is 24.8 Å². The van der Waals surface area contributed by atoms with Crippen molar-refractivity contribution in [3.05, 3.63) is 84.9 Å². The van der Waals surface area contributed by atoms with E-state index in [1.807, 2.05) is 29.3 Å². The van der Waals surface area contributed by atoms with Gasteiger partial charge < -0.3 is 23.7 Å². The number of aromatic nitrogens is 1. The first kappa shape index (κ1) is 46.1. The average molecular weight is 850 g/mol. The van der Waals surface area contributed by atoms with Gasteiger partial charge in [-0.25, -0.2) is 14.8 Å². The Morgan fingerprint density at radius 3 is 2.21 bits per heavy atom. The van der Waals surface area contributed by atoms with Crippen LogP contribution in [0.5, 0.6) is 23.0 Å². The van der Waals surface area contributed by atoms with Gasteiger partial charge in [-0.3, -0.25) is 14.4 Å². The van der Waals surface area contributed by atoms with E-state index in [1.165, 1.54) is 0 Å². The van der Waals surface area contributed by atoms with Crippen LogP contribution in [0.25, 0.3) is 10.2 Å². The number of carbonyl (C=O) groups is 4. The molecule has 0 spiro atoms. The number of esters is 3. The summed E-state index contributed by atoms with van der Waals surface area (Å²) in [5.74, 6) is 6.12. The minimum atomic E-state index is -0.404. The summed E-state index contributed by atoms with van der Waals surface area (Å²) in [5, 5.41) is 7.44. The number of nitrogens with zero attached hydrogens (tertiary/aromatic N) is 3. The highest BCUT2D eigenvalue weighted by Crippen LogP contribution is 2.33. The molecule has 322 valence electrons. The van der Waals surface area contributed by atoms with E-state index in [9.17, 15) is 19.2 Å². The second-order valence-electron chi connectivity index (χ2n) is 14.6. The molecule has 0 bridgehead atoms. The molecule has 1 aromatic heterocycles. The third-order valence-electron chi connectivity index (χ3n) is 10.1. The predicted octanol–water partition coefficient (Wildman–Crippen LogP) is 10.0. The van der Waals surface area contributed by atoms with Crippen molar-refractivity contribution >= 4 is 57.3 Å². The summed E-state index contributed by atoms with van der Waals surface area (Å²) in [7, 11) is 0. The minimum Gasteiger partial charge on any atom is -0.494 e. The molecule has 0 saturated heterocycles. The molecule has 0 aliphatic heterocycles. The number of para-hydroxylation sites is 1. The summed E-state index contributed by atoms with van der Waals surface area (Å²) in [6.07, 6.45) is 14.0. The molecule has 3 aromatic carbocycles. The smallest absolute Gasteiger partial charge is 0.330 e. The van der Waals surface area contributed by atoms with Gasteiger partial charge >= 0.3 is 17.9 Å². The highest BCUT2D eigenvalue weighted by molar-refractivity contribution is 7.22. The zero-order valence-electron chi connectivity index (χ0n) is 34.9. The topological polar surface area (TPSA) is 143 Å². The van der Waals surface area contributed by atoms with E-state index in [1.54, 1.807) is 60.0 Å². The van der Waals surface area contributed by atoms with Crippen LogP contribution >= 0.6 is 11.3 Å². The quantitative estimate of drug-likeness (QED) is 0.00972. The van der Waals surface area contributed by atoms with Crippen molar-refractivity contribution in [1.82, 2.24) is 4.98 Å². The second-order valence-corrected chi connectivity index (χ2v) is 15.6. The lowest BCUT2D eigenvalue weighted by Crippen LogP contribution is -2.30. The summed E-state index contributed by atoms with van der Waals surface area (Å²) in [4.78, 5) is 53.7. The zero-order chi connectivity index (χ0) is 43.1. The van der Waals surface area contributed by atoms with Crippen molar-refractivity contribution in [2.24, 2.45) is 16.9 Å². The number of hydrazone groups is 1. The van der Waals surface area contributed by atoms with Gasteiger partial charge in [0.2, 0.25) is 5.13 Å². The maximum atomic E-state index is 13.5. The van der Waals surface area contributed by atoms with Crippen LogP contribution in [-0.2, 0) is 23.9 Å². The van der Waals surface area contributed by atoms with Gasteiger partial charge in [-0.15, -0.1) is 11.8 Å². The average Bonchev–Trinajstić information content (AvgIpc) is 3.72. The number of rotatable bonds is 24. The number of thiazole rings is 1. The predicted molar refractivity (Wildman–Crippen MR) is 237 cm³/mol. The number of hydrogen-bond donors (Lipinski definition) is 0. The second kappa shape index (κ2) is 25.6. The third kappa shape index (κ3) is 15.5. The molecule has 1 aliphatic carbocycles. The maximum absolute atomic E-state index is 13.5. The minimum absolute atomic E-state index is 0.280. The summed E-state index contributed by atoms with van der Waals surface area (Å²) in [5.41, 5.74) is 1.35. The molecular weight excluding hydrogens is 795 g/mol. The molecule has 0 atom stereocenters. The molecule has 1 heterocycles. The molecule has 1 fully saturated rings. The van der Waals surface area contributed by atoms with Gasteiger partial charge in [-0.1, -0.05) is 49.8 Å². The molecule has 1 saturated carbocycles. The van der Waals surface area contributed by atoms with Gasteiger partial charge in [0.15, 0.2) is 0 Å². The van der Waals surface area contributed by atoms with E-state index in [0.717, 1.165) is 85.6 Å². The first-order chi connectivity index (χ1) is 29.9. The van der Waals surface area contributed by atoms with Crippen molar-refractivity contribution < 1.29 is 42.9 Å². The number of hydrogen-bond acceptors (Lipinski definition) is 13. The van der Waals surface area contributed by atoms with E-state index in [4.69, 9.17) is 33.8 Å². The normalized spacial score (nSPS) is 14.7. The highest BCUT2D eigenvalue weighted by atomic mass is 32.1. The summed E-state index contributed by atoms with van der Waals surface area (Å²) >= 11 is 1.55. The van der Waals surface area contributed by atoms with Gasteiger partial charge in [0.05, 0.1) is 41.5 Å². The first-order valence-corrected chi connectivity index (χ1v) is 22.0. The number of fused-ring (bicyclic) bond motifs is 1. The summed E-state index contributed by atoms with van der Waals surface area (Å²) < 4.78 is 28.6. The fourth-order valence-corrected chi connectivity index (χ4v) is 7.68. The number of benzene rings is 3. The molecule has 0 amide bonds. The fraction of sp³-hybridized carbons (Fsp3) is 0.417. The van der Waals surface area contributed by atoms with Crippen LogP contribution in [0.15, 0.2) is 84.5 Å². The van der Waals surface area contributed by atoms with Gasteiger partial charge in [0.25, 0.3) is 6.47 Å². The van der Waals surface area contributed by atoms with Crippen LogP contribution in [0.2, 0.25) is 0 Å². The van der Waals surface area contributed by atoms with E-state index in [0.29, 0.717) is 69.0 Å². The highest BCUT2D eigenvalue weighted by Gasteiger charge is 2.32. The molecular formula is C48H55N3O9S. The lowest BCUT2D eigenvalue weighted by molar-refractivity contribution is -0.145. The van der Waals surface area contributed by atoms with E-state index < -0.39 is 17.9 Å². The van der Waals surface area contributed by atoms with Crippen LogP contribution in [0.3, 0.4) is 0 Å². The van der Waals surface area contributed by atoms with Crippen LogP contribution in [-0.4, -0.2) is 55.3 Å². The maximum Gasteiger partial charge on any atom is 0.330 e. The molecule has 0 unspecified atom stereocenters. The number of carbonyl (C=O) groups excluding carboxylic acids is 4. The zero-order valence-corrected chi connectivity index (χ0v) is 35.7. The largest absolute Gasteiger partial charge is 0.494 e. The van der Waals surface area contributed by atoms with Gasteiger partial charge in [-0.2, -0.15) is 5.10 Å². The van der Waals surface area contributed by atoms with Gasteiger partial charge in [0.1, 0.15) is 23.0 Å². The molecule has 12 nitrogen and oxygen atoms in total. The lowest BCUT2D eigenvalue weighted by Gasteiger charge is -2.26. The molecule has 61 heavy (non-hydrogen) atoms. The van der Waals surface area contributed by atoms with E-state index >= 15 is 0 Å². The monoisotopic (exact) mass is 849 g/mol. The molecule has 0 N–H and O–H groups in total. The van der Waals surface area contributed by atoms with E-state index in [-0.39, 0.29) is 23.4 Å². The number of ether oxygens (including phenoxy) is 5. The lowest BCUT2D eigenvalue weighted by atomic mass is 9.82. The molecule has 4 aromatic rings. The number of unbranched alkanes of at least 4 members (excludes halogenated alkanes) is 7. The van der Waals surface area contributed by atoms with E-state index in [2.05, 4.69) is 25.3 Å². The van der Waals surface area contributed by atoms with Crippen molar-refractivity contribution in [2.45, 2.75) is 96.8 Å². The third-order valence-corrected chi connectivity index (χ3v) is 11.1. The van der Waals surface area contributed by atoms with Crippen LogP contribution in [0.1, 0.15) is 102 Å².